The van der Waals surface area contributed by atoms with Crippen molar-refractivity contribution >= 4 is 0 Å². The lowest BCUT2D eigenvalue weighted by molar-refractivity contribution is 0.801. The topological polar surface area (TPSA) is 12.9 Å². The Bertz CT molecular complexity index is 539. The van der Waals surface area contributed by atoms with Crippen molar-refractivity contribution in [3.05, 3.63) is 53.2 Å². The number of pyridine rings is 1. The highest BCUT2D eigenvalue weighted by molar-refractivity contribution is 5.63. The molecule has 2 aromatic rings. The van der Waals surface area contributed by atoms with E-state index in [9.17, 15) is 0 Å². The summed E-state index contributed by atoms with van der Waals surface area (Å²) in [6.07, 6.45) is 2.97. The van der Waals surface area contributed by atoms with Crippen LogP contribution in [-0.2, 0) is 6.42 Å². The molecule has 0 bridgehead atoms. The third-order valence-corrected chi connectivity index (χ3v) is 3.88. The van der Waals surface area contributed by atoms with Gasteiger partial charge in [0.05, 0.1) is 5.69 Å². The minimum atomic E-state index is 0.547. The van der Waals surface area contributed by atoms with Crippen LogP contribution >= 0.6 is 0 Å². The minimum absolute atomic E-state index is 0.547. The van der Waals surface area contributed by atoms with Crippen molar-refractivity contribution in [1.29, 1.82) is 0 Å². The number of hydrogen-bond acceptors (Lipinski definition) is 1. The van der Waals surface area contributed by atoms with Gasteiger partial charge in [-0.3, -0.25) is 4.98 Å². The molecule has 0 saturated heterocycles. The van der Waals surface area contributed by atoms with E-state index in [1.165, 1.54) is 22.3 Å². The maximum atomic E-state index is 4.51. The Morgan fingerprint density at radius 2 is 1.55 bits per heavy atom. The maximum Gasteiger partial charge on any atom is 0.0702 e. The van der Waals surface area contributed by atoms with Crippen LogP contribution in [-0.4, -0.2) is 4.98 Å². The summed E-state index contributed by atoms with van der Waals surface area (Å²) in [7, 11) is 0. The van der Waals surface area contributed by atoms with E-state index in [0.29, 0.717) is 11.8 Å². The molecule has 1 aromatic heterocycles. The van der Waals surface area contributed by atoms with Crippen LogP contribution in [0.3, 0.4) is 0 Å². The molecule has 2 rings (SSSR count). The number of hydrogen-bond donors (Lipinski definition) is 0. The van der Waals surface area contributed by atoms with E-state index in [2.05, 4.69) is 63.9 Å². The zero-order valence-electron chi connectivity index (χ0n) is 13.3. The number of benzene rings is 1. The summed E-state index contributed by atoms with van der Waals surface area (Å²) in [6.45, 7) is 11.4. The van der Waals surface area contributed by atoms with Crippen molar-refractivity contribution in [2.24, 2.45) is 0 Å². The van der Waals surface area contributed by atoms with Gasteiger partial charge >= 0.3 is 0 Å². The molecule has 1 heterocycles. The Morgan fingerprint density at radius 3 is 1.95 bits per heavy atom. The van der Waals surface area contributed by atoms with Gasteiger partial charge in [-0.1, -0.05) is 40.7 Å². The summed E-state index contributed by atoms with van der Waals surface area (Å²) < 4.78 is 0. The molecule has 0 spiro atoms. The van der Waals surface area contributed by atoms with E-state index < -0.39 is 0 Å². The molecule has 0 N–H and O–H groups in total. The van der Waals surface area contributed by atoms with Crippen LogP contribution in [0.5, 0.6) is 0 Å². The Hall–Kier alpha value is -1.63. The van der Waals surface area contributed by atoms with E-state index in [4.69, 9.17) is 0 Å². The van der Waals surface area contributed by atoms with Crippen molar-refractivity contribution in [3.63, 3.8) is 0 Å². The standard InChI is InChI=1S/C19H25N/c1-6-16-17(13(2)3)11-15(12-18(16)14(4)5)19-9-7-8-10-20-19/h7-14H,6H2,1-5H3. The van der Waals surface area contributed by atoms with E-state index in [1.807, 2.05) is 12.3 Å². The van der Waals surface area contributed by atoms with E-state index >= 15 is 0 Å². The Kier molecular flexibility index (Phi) is 4.59. The van der Waals surface area contributed by atoms with Crippen molar-refractivity contribution in [1.82, 2.24) is 4.98 Å². The number of nitrogens with zero attached hydrogens (tertiary/aromatic N) is 1. The summed E-state index contributed by atoms with van der Waals surface area (Å²) in [5.41, 5.74) is 6.78. The molecule has 1 nitrogen and oxygen atoms in total. The predicted octanol–water partition coefficient (Wildman–Crippen LogP) is 5.56. The molecule has 0 saturated carbocycles. The highest BCUT2D eigenvalue weighted by Gasteiger charge is 2.15. The van der Waals surface area contributed by atoms with Gasteiger partial charge < -0.3 is 0 Å². The zero-order chi connectivity index (χ0) is 14.7. The molecule has 0 aliphatic heterocycles. The third-order valence-electron chi connectivity index (χ3n) is 3.88. The van der Waals surface area contributed by atoms with Gasteiger partial charge in [0.2, 0.25) is 0 Å². The van der Waals surface area contributed by atoms with Gasteiger partial charge in [0.1, 0.15) is 0 Å². The highest BCUT2D eigenvalue weighted by Crippen LogP contribution is 2.33. The molecule has 106 valence electrons. The first-order chi connectivity index (χ1) is 9.54. The van der Waals surface area contributed by atoms with Gasteiger partial charge in [-0.25, -0.2) is 0 Å². The first-order valence-corrected chi connectivity index (χ1v) is 7.62. The van der Waals surface area contributed by atoms with Gasteiger partial charge in [-0.2, -0.15) is 0 Å². The first-order valence-electron chi connectivity index (χ1n) is 7.62. The quantitative estimate of drug-likeness (QED) is 0.707. The molecule has 0 unspecified atom stereocenters. The van der Waals surface area contributed by atoms with Crippen LogP contribution in [0.15, 0.2) is 36.5 Å². The van der Waals surface area contributed by atoms with Gasteiger partial charge in [0.15, 0.2) is 0 Å². The molecule has 20 heavy (non-hydrogen) atoms. The molecule has 0 radical (unpaired) electrons. The van der Waals surface area contributed by atoms with Gasteiger partial charge in [-0.05, 0) is 59.2 Å². The van der Waals surface area contributed by atoms with Crippen LogP contribution in [0.4, 0.5) is 0 Å². The summed E-state index contributed by atoms with van der Waals surface area (Å²) >= 11 is 0. The smallest absolute Gasteiger partial charge is 0.0702 e. The monoisotopic (exact) mass is 267 g/mol. The third kappa shape index (κ3) is 2.92. The van der Waals surface area contributed by atoms with Crippen LogP contribution in [0, 0.1) is 0 Å². The Morgan fingerprint density at radius 1 is 0.950 bits per heavy atom. The second kappa shape index (κ2) is 6.21. The lowest BCUT2D eigenvalue weighted by Crippen LogP contribution is -2.04. The fourth-order valence-electron chi connectivity index (χ4n) is 2.84. The maximum absolute atomic E-state index is 4.51. The van der Waals surface area contributed by atoms with Crippen LogP contribution in [0.1, 0.15) is 63.1 Å². The van der Waals surface area contributed by atoms with Gasteiger partial charge in [0.25, 0.3) is 0 Å². The molecule has 0 atom stereocenters. The summed E-state index contributed by atoms with van der Waals surface area (Å²) in [6, 6.07) is 10.8. The average Bonchev–Trinajstić information content (AvgIpc) is 2.46. The second-order valence-corrected chi connectivity index (χ2v) is 6.01. The first kappa shape index (κ1) is 14.8. The highest BCUT2D eigenvalue weighted by atomic mass is 14.7. The molecule has 1 heteroatoms. The molecule has 0 amide bonds. The van der Waals surface area contributed by atoms with Crippen molar-refractivity contribution < 1.29 is 0 Å². The normalized spacial score (nSPS) is 11.3. The van der Waals surface area contributed by atoms with E-state index in [0.717, 1.165) is 12.1 Å². The largest absolute Gasteiger partial charge is 0.256 e. The zero-order valence-corrected chi connectivity index (χ0v) is 13.3. The molecular formula is C19H25N. The van der Waals surface area contributed by atoms with Gasteiger partial charge in [-0.15, -0.1) is 0 Å². The Labute approximate surface area is 123 Å². The fourth-order valence-corrected chi connectivity index (χ4v) is 2.84. The molecule has 1 aromatic carbocycles. The van der Waals surface area contributed by atoms with Gasteiger partial charge in [0, 0.05) is 11.8 Å². The van der Waals surface area contributed by atoms with Crippen molar-refractivity contribution in [2.75, 3.05) is 0 Å². The van der Waals surface area contributed by atoms with Crippen molar-refractivity contribution in [2.45, 2.75) is 52.9 Å². The summed E-state index contributed by atoms with van der Waals surface area (Å²) in [5.74, 6) is 1.09. The summed E-state index contributed by atoms with van der Waals surface area (Å²) in [5, 5.41) is 0. The van der Waals surface area contributed by atoms with E-state index in [1.54, 1.807) is 0 Å². The predicted molar refractivity (Wildman–Crippen MR) is 87.2 cm³/mol. The SMILES string of the molecule is CCc1c(C(C)C)cc(-c2ccccn2)cc1C(C)C. The lowest BCUT2D eigenvalue weighted by atomic mass is 9.85. The van der Waals surface area contributed by atoms with Crippen LogP contribution in [0.2, 0.25) is 0 Å². The fraction of sp³-hybridized carbons (Fsp3) is 0.421. The van der Waals surface area contributed by atoms with E-state index in [-0.39, 0.29) is 0 Å². The molecule has 0 fully saturated rings. The number of rotatable bonds is 4. The lowest BCUT2D eigenvalue weighted by Gasteiger charge is -2.20. The number of aromatic nitrogens is 1. The Balaban J connectivity index is 2.66. The summed E-state index contributed by atoms with van der Waals surface area (Å²) in [4.78, 5) is 4.51. The average molecular weight is 267 g/mol. The molecular weight excluding hydrogens is 242 g/mol. The molecule has 0 aliphatic carbocycles. The van der Waals surface area contributed by atoms with Crippen molar-refractivity contribution in [3.8, 4) is 11.3 Å². The molecule has 0 aliphatic rings. The minimum Gasteiger partial charge on any atom is -0.256 e. The second-order valence-electron chi connectivity index (χ2n) is 6.01. The van der Waals surface area contributed by atoms with Crippen LogP contribution < -0.4 is 0 Å². The van der Waals surface area contributed by atoms with Crippen LogP contribution in [0.25, 0.3) is 11.3 Å².